The minimum absolute atomic E-state index is 0.328. The Balaban J connectivity index is 2.01. The van der Waals surface area contributed by atoms with Gasteiger partial charge in [-0.25, -0.2) is 4.39 Å². The van der Waals surface area contributed by atoms with Gasteiger partial charge in [0.15, 0.2) is 0 Å². The molecule has 0 fully saturated rings. The third-order valence-corrected chi connectivity index (χ3v) is 4.72. The summed E-state index contributed by atoms with van der Waals surface area (Å²) in [5.41, 5.74) is 8.54. The van der Waals surface area contributed by atoms with E-state index in [4.69, 9.17) is 10.5 Å². The van der Waals surface area contributed by atoms with E-state index in [1.807, 2.05) is 41.8 Å². The second-order valence-corrected chi connectivity index (χ2v) is 6.35. The zero-order chi connectivity index (χ0) is 19.0. The lowest BCUT2D eigenvalue weighted by Gasteiger charge is -2.13. The standard InChI is InChI=1S/C22H19FN2O2/c1-2-27-20-9-4-3-6-14(20)13-25-18-8-5-7-17(22(24)26)21(18)16-11-10-15(23)12-19(16)25/h3-12H,2,13H2,1H3,(H2,24,26). The van der Waals surface area contributed by atoms with Crippen molar-refractivity contribution in [1.82, 2.24) is 4.57 Å². The number of nitrogens with zero attached hydrogens (tertiary/aromatic N) is 1. The number of hydrogen-bond acceptors (Lipinski definition) is 2. The van der Waals surface area contributed by atoms with Gasteiger partial charge in [0.1, 0.15) is 11.6 Å². The summed E-state index contributed by atoms with van der Waals surface area (Å²) < 4.78 is 21.7. The average molecular weight is 362 g/mol. The van der Waals surface area contributed by atoms with Crippen molar-refractivity contribution < 1.29 is 13.9 Å². The topological polar surface area (TPSA) is 57.2 Å². The van der Waals surface area contributed by atoms with Crippen LogP contribution in [0.1, 0.15) is 22.8 Å². The number of rotatable bonds is 5. The number of fused-ring (bicyclic) bond motifs is 3. The molecule has 0 unspecified atom stereocenters. The molecule has 0 atom stereocenters. The Morgan fingerprint density at radius 2 is 1.89 bits per heavy atom. The number of nitrogens with two attached hydrogens (primary N) is 1. The van der Waals surface area contributed by atoms with Crippen LogP contribution in [0.5, 0.6) is 5.75 Å². The number of amides is 1. The summed E-state index contributed by atoms with van der Waals surface area (Å²) in [6.07, 6.45) is 0. The van der Waals surface area contributed by atoms with Crippen LogP contribution in [0, 0.1) is 5.82 Å². The average Bonchev–Trinajstić information content (AvgIpc) is 2.96. The lowest BCUT2D eigenvalue weighted by Crippen LogP contribution is -2.11. The van der Waals surface area contributed by atoms with E-state index < -0.39 is 5.91 Å². The third-order valence-electron chi connectivity index (χ3n) is 4.72. The van der Waals surface area contributed by atoms with Gasteiger partial charge >= 0.3 is 0 Å². The van der Waals surface area contributed by atoms with E-state index in [9.17, 15) is 9.18 Å². The first-order valence-corrected chi connectivity index (χ1v) is 8.81. The van der Waals surface area contributed by atoms with Crippen molar-refractivity contribution in [1.29, 1.82) is 0 Å². The number of carbonyl (C=O) groups is 1. The fourth-order valence-electron chi connectivity index (χ4n) is 3.59. The van der Waals surface area contributed by atoms with Gasteiger partial charge in [-0.05, 0) is 43.3 Å². The number of aromatic nitrogens is 1. The zero-order valence-corrected chi connectivity index (χ0v) is 14.9. The maximum absolute atomic E-state index is 14.0. The molecule has 3 aromatic carbocycles. The smallest absolute Gasteiger partial charge is 0.249 e. The maximum Gasteiger partial charge on any atom is 0.249 e. The van der Waals surface area contributed by atoms with Gasteiger partial charge in [0.2, 0.25) is 5.91 Å². The highest BCUT2D eigenvalue weighted by Gasteiger charge is 2.17. The van der Waals surface area contributed by atoms with Gasteiger partial charge in [-0.3, -0.25) is 4.79 Å². The number of primary amides is 1. The first-order valence-electron chi connectivity index (χ1n) is 8.81. The molecule has 0 bridgehead atoms. The highest BCUT2D eigenvalue weighted by atomic mass is 19.1. The molecule has 5 heteroatoms. The van der Waals surface area contributed by atoms with E-state index in [-0.39, 0.29) is 5.82 Å². The molecule has 1 aromatic heterocycles. The molecular weight excluding hydrogens is 343 g/mol. The zero-order valence-electron chi connectivity index (χ0n) is 14.9. The Morgan fingerprint density at radius 3 is 2.67 bits per heavy atom. The number of ether oxygens (including phenoxy) is 1. The summed E-state index contributed by atoms with van der Waals surface area (Å²) >= 11 is 0. The van der Waals surface area contributed by atoms with Crippen molar-refractivity contribution in [2.24, 2.45) is 5.73 Å². The molecule has 1 amide bonds. The molecule has 0 aliphatic carbocycles. The first kappa shape index (κ1) is 17.1. The third kappa shape index (κ3) is 2.91. The molecular formula is C22H19FN2O2. The van der Waals surface area contributed by atoms with Crippen LogP contribution in [0.3, 0.4) is 0 Å². The lowest BCUT2D eigenvalue weighted by molar-refractivity contribution is 0.100. The number of benzene rings is 3. The van der Waals surface area contributed by atoms with Crippen molar-refractivity contribution in [2.75, 3.05) is 6.61 Å². The predicted molar refractivity (Wildman–Crippen MR) is 105 cm³/mol. The summed E-state index contributed by atoms with van der Waals surface area (Å²) in [4.78, 5) is 12.0. The Kier molecular flexibility index (Phi) is 4.28. The molecule has 0 saturated carbocycles. The second-order valence-electron chi connectivity index (χ2n) is 6.35. The van der Waals surface area contributed by atoms with Crippen molar-refractivity contribution in [3.8, 4) is 5.75 Å². The minimum atomic E-state index is -0.501. The Morgan fingerprint density at radius 1 is 1.07 bits per heavy atom. The van der Waals surface area contributed by atoms with Crippen LogP contribution in [0.15, 0.2) is 60.7 Å². The summed E-state index contributed by atoms with van der Waals surface area (Å²) in [7, 11) is 0. The van der Waals surface area contributed by atoms with Gasteiger partial charge in [-0.1, -0.05) is 24.3 Å². The minimum Gasteiger partial charge on any atom is -0.494 e. The number of halogens is 1. The van der Waals surface area contributed by atoms with E-state index >= 15 is 0 Å². The van der Waals surface area contributed by atoms with Crippen molar-refractivity contribution in [3.05, 3.63) is 77.6 Å². The highest BCUT2D eigenvalue weighted by molar-refractivity contribution is 6.17. The quantitative estimate of drug-likeness (QED) is 0.569. The lowest BCUT2D eigenvalue weighted by atomic mass is 10.1. The largest absolute Gasteiger partial charge is 0.494 e. The predicted octanol–water partition coefficient (Wildman–Crippen LogP) is 4.48. The monoisotopic (exact) mass is 362 g/mol. The van der Waals surface area contributed by atoms with Crippen LogP contribution >= 0.6 is 0 Å². The normalized spacial score (nSPS) is 11.2. The molecule has 0 radical (unpaired) electrons. The van der Waals surface area contributed by atoms with Crippen molar-refractivity contribution in [3.63, 3.8) is 0 Å². The fourth-order valence-corrected chi connectivity index (χ4v) is 3.59. The summed E-state index contributed by atoms with van der Waals surface area (Å²) in [5.74, 6) is -0.0403. The molecule has 2 N–H and O–H groups in total. The molecule has 4 nitrogen and oxygen atoms in total. The van der Waals surface area contributed by atoms with Crippen molar-refractivity contribution in [2.45, 2.75) is 13.5 Å². The summed E-state index contributed by atoms with van der Waals surface area (Å²) in [6, 6.07) is 17.8. The van der Waals surface area contributed by atoms with Gasteiger partial charge in [0.25, 0.3) is 0 Å². The van der Waals surface area contributed by atoms with E-state index in [1.165, 1.54) is 12.1 Å². The van der Waals surface area contributed by atoms with Crippen LogP contribution < -0.4 is 10.5 Å². The van der Waals surface area contributed by atoms with E-state index in [2.05, 4.69) is 0 Å². The summed E-state index contributed by atoms with van der Waals surface area (Å²) in [5, 5.41) is 1.54. The van der Waals surface area contributed by atoms with E-state index in [1.54, 1.807) is 18.2 Å². The van der Waals surface area contributed by atoms with E-state index in [0.29, 0.717) is 24.2 Å². The van der Waals surface area contributed by atoms with Gasteiger partial charge in [0.05, 0.1) is 24.2 Å². The molecule has 0 aliphatic rings. The second kappa shape index (κ2) is 6.76. The Bertz CT molecular complexity index is 1160. The molecule has 27 heavy (non-hydrogen) atoms. The van der Waals surface area contributed by atoms with Crippen molar-refractivity contribution >= 4 is 27.7 Å². The van der Waals surface area contributed by atoms with Gasteiger partial charge in [0, 0.05) is 21.9 Å². The van der Waals surface area contributed by atoms with Crippen LogP contribution in [0.4, 0.5) is 4.39 Å². The van der Waals surface area contributed by atoms with E-state index in [0.717, 1.165) is 27.6 Å². The molecule has 0 saturated heterocycles. The highest BCUT2D eigenvalue weighted by Crippen LogP contribution is 2.33. The molecule has 0 spiro atoms. The number of para-hydroxylation sites is 1. The van der Waals surface area contributed by atoms with Crippen LogP contribution in [-0.4, -0.2) is 17.1 Å². The number of carbonyl (C=O) groups excluding carboxylic acids is 1. The maximum atomic E-state index is 14.0. The molecule has 136 valence electrons. The molecule has 4 aromatic rings. The molecule has 1 heterocycles. The van der Waals surface area contributed by atoms with Gasteiger partial charge in [-0.15, -0.1) is 0 Å². The van der Waals surface area contributed by atoms with Crippen LogP contribution in [-0.2, 0) is 6.54 Å². The van der Waals surface area contributed by atoms with Gasteiger partial charge < -0.3 is 15.0 Å². The Labute approximate surface area is 156 Å². The van der Waals surface area contributed by atoms with Crippen LogP contribution in [0.2, 0.25) is 0 Å². The molecule has 4 rings (SSSR count). The first-order chi connectivity index (χ1) is 13.1. The SMILES string of the molecule is CCOc1ccccc1Cn1c2cc(F)ccc2c2c(C(N)=O)cccc21. The van der Waals surface area contributed by atoms with Crippen LogP contribution in [0.25, 0.3) is 21.8 Å². The Hall–Kier alpha value is -3.34. The fraction of sp³-hybridized carbons (Fsp3) is 0.136. The molecule has 0 aliphatic heterocycles. The number of hydrogen-bond donors (Lipinski definition) is 1. The van der Waals surface area contributed by atoms with Gasteiger partial charge in [-0.2, -0.15) is 0 Å². The summed E-state index contributed by atoms with van der Waals surface area (Å²) in [6.45, 7) is 2.98.